The molecule has 23 heavy (non-hydrogen) atoms. The van der Waals surface area contributed by atoms with Crippen molar-refractivity contribution in [3.63, 3.8) is 0 Å². The number of Topliss-reactive ketones (excluding diaryl/α,β-unsaturated/α-hetero) is 1. The lowest BCUT2D eigenvalue weighted by atomic mass is 10.1. The Labute approximate surface area is 137 Å². The van der Waals surface area contributed by atoms with E-state index in [0.717, 1.165) is 6.42 Å². The maximum atomic E-state index is 12.4. The summed E-state index contributed by atoms with van der Waals surface area (Å²) in [6.07, 6.45) is 1.51. The summed E-state index contributed by atoms with van der Waals surface area (Å²) in [5.41, 5.74) is 1.57. The molecule has 0 saturated carbocycles. The predicted octanol–water partition coefficient (Wildman–Crippen LogP) is 3.19. The Morgan fingerprint density at radius 1 is 1.09 bits per heavy atom. The summed E-state index contributed by atoms with van der Waals surface area (Å²) in [6, 6.07) is 15.9. The third-order valence-electron chi connectivity index (χ3n) is 3.62. The average Bonchev–Trinajstić information content (AvgIpc) is 2.53. The first-order valence-electron chi connectivity index (χ1n) is 7.56. The molecule has 0 aliphatic carbocycles. The SMILES string of the molecule is CC(=O)c1cccc(S(=O)(=O)NC(C)CCc2ccccc2)c1. The van der Waals surface area contributed by atoms with Crippen molar-refractivity contribution in [1.29, 1.82) is 0 Å². The predicted molar refractivity (Wildman–Crippen MR) is 91.0 cm³/mol. The molecule has 1 unspecified atom stereocenters. The highest BCUT2D eigenvalue weighted by molar-refractivity contribution is 7.89. The van der Waals surface area contributed by atoms with Crippen molar-refractivity contribution in [3.8, 4) is 0 Å². The summed E-state index contributed by atoms with van der Waals surface area (Å²) >= 11 is 0. The first kappa shape index (κ1) is 17.4. The highest BCUT2D eigenvalue weighted by Crippen LogP contribution is 2.14. The van der Waals surface area contributed by atoms with E-state index in [-0.39, 0.29) is 16.7 Å². The smallest absolute Gasteiger partial charge is 0.240 e. The van der Waals surface area contributed by atoms with Crippen molar-refractivity contribution in [3.05, 3.63) is 65.7 Å². The van der Waals surface area contributed by atoms with E-state index in [1.807, 2.05) is 37.3 Å². The van der Waals surface area contributed by atoms with E-state index in [2.05, 4.69) is 4.72 Å². The van der Waals surface area contributed by atoms with E-state index in [4.69, 9.17) is 0 Å². The van der Waals surface area contributed by atoms with Crippen LogP contribution in [0.2, 0.25) is 0 Å². The van der Waals surface area contributed by atoms with E-state index in [1.54, 1.807) is 12.1 Å². The maximum absolute atomic E-state index is 12.4. The highest BCUT2D eigenvalue weighted by atomic mass is 32.2. The molecule has 0 aliphatic rings. The van der Waals surface area contributed by atoms with Gasteiger partial charge in [0.15, 0.2) is 5.78 Å². The average molecular weight is 331 g/mol. The summed E-state index contributed by atoms with van der Waals surface area (Å²) in [5.74, 6) is -0.154. The van der Waals surface area contributed by atoms with Crippen molar-refractivity contribution >= 4 is 15.8 Å². The number of hydrogen-bond donors (Lipinski definition) is 1. The molecule has 2 aromatic carbocycles. The molecule has 0 aromatic heterocycles. The molecule has 122 valence electrons. The zero-order chi connectivity index (χ0) is 16.9. The number of aryl methyl sites for hydroxylation is 1. The van der Waals surface area contributed by atoms with Gasteiger partial charge in [-0.05, 0) is 44.4 Å². The molecule has 0 fully saturated rings. The van der Waals surface area contributed by atoms with Crippen LogP contribution in [0.25, 0.3) is 0 Å². The van der Waals surface area contributed by atoms with Crippen LogP contribution in [0, 0.1) is 0 Å². The number of carbonyl (C=O) groups excluding carboxylic acids is 1. The second-order valence-electron chi connectivity index (χ2n) is 5.63. The van der Waals surface area contributed by atoms with Crippen molar-refractivity contribution < 1.29 is 13.2 Å². The van der Waals surface area contributed by atoms with Crippen LogP contribution < -0.4 is 4.72 Å². The van der Waals surface area contributed by atoms with Gasteiger partial charge in [0.1, 0.15) is 0 Å². The number of ketones is 1. The van der Waals surface area contributed by atoms with E-state index < -0.39 is 10.0 Å². The lowest BCUT2D eigenvalue weighted by Gasteiger charge is -2.14. The van der Waals surface area contributed by atoms with Crippen LogP contribution in [0.5, 0.6) is 0 Å². The monoisotopic (exact) mass is 331 g/mol. The maximum Gasteiger partial charge on any atom is 0.240 e. The van der Waals surface area contributed by atoms with Crippen LogP contribution in [0.15, 0.2) is 59.5 Å². The number of carbonyl (C=O) groups is 1. The van der Waals surface area contributed by atoms with Gasteiger partial charge in [-0.15, -0.1) is 0 Å². The molecule has 0 bridgehead atoms. The standard InChI is InChI=1S/C18H21NO3S/c1-14(11-12-16-7-4-3-5-8-16)19-23(21,22)18-10-6-9-17(13-18)15(2)20/h3-10,13-14,19H,11-12H2,1-2H3. The summed E-state index contributed by atoms with van der Waals surface area (Å²) in [6.45, 7) is 3.26. The van der Waals surface area contributed by atoms with E-state index in [9.17, 15) is 13.2 Å². The summed E-state index contributed by atoms with van der Waals surface area (Å²) in [7, 11) is -3.62. The molecule has 0 spiro atoms. The van der Waals surface area contributed by atoms with Crippen molar-refractivity contribution in [2.24, 2.45) is 0 Å². The summed E-state index contributed by atoms with van der Waals surface area (Å²) in [4.78, 5) is 11.5. The van der Waals surface area contributed by atoms with Gasteiger partial charge < -0.3 is 0 Å². The molecular weight excluding hydrogens is 310 g/mol. The second-order valence-corrected chi connectivity index (χ2v) is 7.34. The minimum absolute atomic E-state index is 0.122. The summed E-state index contributed by atoms with van der Waals surface area (Å²) in [5, 5.41) is 0. The van der Waals surface area contributed by atoms with Crippen LogP contribution in [-0.2, 0) is 16.4 Å². The zero-order valence-electron chi connectivity index (χ0n) is 13.3. The topological polar surface area (TPSA) is 63.2 Å². The Morgan fingerprint density at radius 2 is 1.78 bits per heavy atom. The first-order chi connectivity index (χ1) is 10.9. The molecule has 4 nitrogen and oxygen atoms in total. The van der Waals surface area contributed by atoms with Gasteiger partial charge in [-0.2, -0.15) is 0 Å². The van der Waals surface area contributed by atoms with Crippen LogP contribution in [0.1, 0.15) is 36.2 Å². The Bertz CT molecular complexity index is 770. The number of benzene rings is 2. The molecule has 0 saturated heterocycles. The quantitative estimate of drug-likeness (QED) is 0.793. The van der Waals surface area contributed by atoms with Gasteiger partial charge in [0.05, 0.1) is 4.90 Å². The third kappa shape index (κ3) is 5.01. The van der Waals surface area contributed by atoms with Crippen LogP contribution in [-0.4, -0.2) is 20.2 Å². The molecule has 1 N–H and O–H groups in total. The normalized spacial score (nSPS) is 12.8. The van der Waals surface area contributed by atoms with Gasteiger partial charge in [0, 0.05) is 11.6 Å². The Morgan fingerprint density at radius 3 is 2.43 bits per heavy atom. The van der Waals surface area contributed by atoms with Crippen LogP contribution in [0.4, 0.5) is 0 Å². The number of sulfonamides is 1. The van der Waals surface area contributed by atoms with Gasteiger partial charge in [-0.3, -0.25) is 4.79 Å². The molecule has 2 rings (SSSR count). The fourth-order valence-electron chi connectivity index (χ4n) is 2.30. The minimum Gasteiger partial charge on any atom is -0.295 e. The van der Waals surface area contributed by atoms with Crippen molar-refractivity contribution in [1.82, 2.24) is 4.72 Å². The van der Waals surface area contributed by atoms with E-state index >= 15 is 0 Å². The van der Waals surface area contributed by atoms with Gasteiger partial charge in [-0.1, -0.05) is 42.5 Å². The summed E-state index contributed by atoms with van der Waals surface area (Å²) < 4.78 is 27.5. The third-order valence-corrected chi connectivity index (χ3v) is 5.20. The Balaban J connectivity index is 2.02. The largest absolute Gasteiger partial charge is 0.295 e. The minimum atomic E-state index is -3.62. The molecule has 0 amide bonds. The molecule has 2 aromatic rings. The van der Waals surface area contributed by atoms with Crippen molar-refractivity contribution in [2.45, 2.75) is 37.6 Å². The van der Waals surface area contributed by atoms with Crippen LogP contribution >= 0.6 is 0 Å². The van der Waals surface area contributed by atoms with Gasteiger partial charge >= 0.3 is 0 Å². The molecule has 0 radical (unpaired) electrons. The first-order valence-corrected chi connectivity index (χ1v) is 9.04. The highest BCUT2D eigenvalue weighted by Gasteiger charge is 2.18. The van der Waals surface area contributed by atoms with E-state index in [1.165, 1.54) is 24.6 Å². The number of nitrogens with one attached hydrogen (secondary N) is 1. The van der Waals surface area contributed by atoms with Gasteiger partial charge in [0.25, 0.3) is 0 Å². The molecule has 5 heteroatoms. The molecule has 0 heterocycles. The van der Waals surface area contributed by atoms with Gasteiger partial charge in [-0.25, -0.2) is 13.1 Å². The molecule has 0 aliphatic heterocycles. The Hall–Kier alpha value is -1.98. The zero-order valence-corrected chi connectivity index (χ0v) is 14.1. The number of hydrogen-bond acceptors (Lipinski definition) is 3. The number of rotatable bonds is 7. The van der Waals surface area contributed by atoms with Crippen LogP contribution in [0.3, 0.4) is 0 Å². The molecular formula is C18H21NO3S. The fourth-order valence-corrected chi connectivity index (χ4v) is 3.63. The lowest BCUT2D eigenvalue weighted by Crippen LogP contribution is -2.33. The fraction of sp³-hybridized carbons (Fsp3) is 0.278. The Kier molecular flexibility index (Phi) is 5.69. The van der Waals surface area contributed by atoms with Gasteiger partial charge in [0.2, 0.25) is 10.0 Å². The van der Waals surface area contributed by atoms with Crippen molar-refractivity contribution in [2.75, 3.05) is 0 Å². The van der Waals surface area contributed by atoms with E-state index in [0.29, 0.717) is 12.0 Å². The molecule has 1 atom stereocenters. The second kappa shape index (κ2) is 7.53. The lowest BCUT2D eigenvalue weighted by molar-refractivity contribution is 0.101.